The SMILES string of the molecule is C[C@H]1CCCN(c2cc(N3CCCCC3)nc(NC(=S)NCCN3CCOCC3)n2)C1. The van der Waals surface area contributed by atoms with Gasteiger partial charge in [-0.05, 0) is 50.2 Å². The molecule has 3 aliphatic heterocycles. The van der Waals surface area contributed by atoms with E-state index in [2.05, 4.69) is 38.3 Å². The molecular weight excluding hydrogens is 410 g/mol. The number of piperidine rings is 2. The summed E-state index contributed by atoms with van der Waals surface area (Å²) in [5.74, 6) is 3.32. The summed E-state index contributed by atoms with van der Waals surface area (Å²) in [6, 6.07) is 2.17. The summed E-state index contributed by atoms with van der Waals surface area (Å²) in [4.78, 5) is 16.9. The van der Waals surface area contributed by atoms with Gasteiger partial charge in [0.25, 0.3) is 0 Å². The maximum atomic E-state index is 5.55. The van der Waals surface area contributed by atoms with Crippen molar-refractivity contribution in [3.05, 3.63) is 6.07 Å². The molecule has 0 saturated carbocycles. The van der Waals surface area contributed by atoms with E-state index in [-0.39, 0.29) is 0 Å². The van der Waals surface area contributed by atoms with Crippen molar-refractivity contribution in [3.63, 3.8) is 0 Å². The van der Waals surface area contributed by atoms with Crippen molar-refractivity contribution in [1.82, 2.24) is 20.2 Å². The van der Waals surface area contributed by atoms with E-state index >= 15 is 0 Å². The number of anilines is 3. The van der Waals surface area contributed by atoms with Gasteiger partial charge in [0.15, 0.2) is 5.11 Å². The Morgan fingerprint density at radius 3 is 2.48 bits per heavy atom. The van der Waals surface area contributed by atoms with Gasteiger partial charge in [-0.15, -0.1) is 0 Å². The molecule has 2 N–H and O–H groups in total. The Morgan fingerprint density at radius 1 is 1.03 bits per heavy atom. The lowest BCUT2D eigenvalue weighted by Gasteiger charge is -2.33. The van der Waals surface area contributed by atoms with E-state index in [1.54, 1.807) is 0 Å². The molecule has 31 heavy (non-hydrogen) atoms. The van der Waals surface area contributed by atoms with Crippen LogP contribution in [0.4, 0.5) is 17.6 Å². The number of hydrogen-bond acceptors (Lipinski definition) is 7. The average Bonchev–Trinajstić information content (AvgIpc) is 2.80. The number of morpholine rings is 1. The standard InChI is InChI=1S/C22H37N7OS/c1-18-6-5-10-29(17-18)20-16-19(28-8-3-2-4-9-28)24-21(25-20)26-22(31)23-7-11-27-12-14-30-15-13-27/h16,18H,2-15,17H2,1H3,(H2,23,24,25,26,31)/t18-/m0/s1. The van der Waals surface area contributed by atoms with Crippen LogP contribution in [0.3, 0.4) is 0 Å². The minimum absolute atomic E-state index is 0.585. The van der Waals surface area contributed by atoms with Crippen LogP contribution in [-0.2, 0) is 4.74 Å². The summed E-state index contributed by atoms with van der Waals surface area (Å²) in [7, 11) is 0. The van der Waals surface area contributed by atoms with E-state index in [0.29, 0.717) is 17.0 Å². The van der Waals surface area contributed by atoms with Gasteiger partial charge in [-0.1, -0.05) is 6.92 Å². The summed E-state index contributed by atoms with van der Waals surface area (Å²) in [6.07, 6.45) is 6.27. The van der Waals surface area contributed by atoms with Crippen LogP contribution in [0.1, 0.15) is 39.0 Å². The number of nitrogens with zero attached hydrogens (tertiary/aromatic N) is 5. The molecule has 0 amide bonds. The van der Waals surface area contributed by atoms with Crippen LogP contribution in [0.2, 0.25) is 0 Å². The lowest BCUT2D eigenvalue weighted by Crippen LogP contribution is -2.42. The molecular formula is C22H37N7OS. The fourth-order valence-electron chi connectivity index (χ4n) is 4.62. The van der Waals surface area contributed by atoms with E-state index in [1.807, 2.05) is 0 Å². The maximum Gasteiger partial charge on any atom is 0.232 e. The molecule has 0 unspecified atom stereocenters. The highest BCUT2D eigenvalue weighted by Gasteiger charge is 2.21. The molecule has 4 heterocycles. The minimum atomic E-state index is 0.585. The second-order valence-electron chi connectivity index (χ2n) is 8.98. The van der Waals surface area contributed by atoms with Gasteiger partial charge in [0.2, 0.25) is 5.95 Å². The first-order valence-electron chi connectivity index (χ1n) is 11.9. The molecule has 0 radical (unpaired) electrons. The molecule has 1 aromatic heterocycles. The van der Waals surface area contributed by atoms with Crippen molar-refractivity contribution >= 4 is 34.9 Å². The zero-order valence-corrected chi connectivity index (χ0v) is 19.6. The van der Waals surface area contributed by atoms with Crippen LogP contribution in [-0.4, -0.2) is 85.6 Å². The van der Waals surface area contributed by atoms with Crippen LogP contribution in [0.25, 0.3) is 0 Å². The Morgan fingerprint density at radius 2 is 1.74 bits per heavy atom. The molecule has 172 valence electrons. The molecule has 3 saturated heterocycles. The van der Waals surface area contributed by atoms with Gasteiger partial charge in [0.05, 0.1) is 13.2 Å². The van der Waals surface area contributed by atoms with Gasteiger partial charge >= 0.3 is 0 Å². The van der Waals surface area contributed by atoms with Crippen molar-refractivity contribution in [3.8, 4) is 0 Å². The number of thiocarbonyl (C=S) groups is 1. The van der Waals surface area contributed by atoms with Gasteiger partial charge in [-0.2, -0.15) is 9.97 Å². The number of rotatable bonds is 6. The van der Waals surface area contributed by atoms with Gasteiger partial charge < -0.3 is 25.2 Å². The summed E-state index contributed by atoms with van der Waals surface area (Å²) < 4.78 is 5.41. The van der Waals surface area contributed by atoms with Crippen molar-refractivity contribution in [1.29, 1.82) is 0 Å². The quantitative estimate of drug-likeness (QED) is 0.640. The minimum Gasteiger partial charge on any atom is -0.379 e. The van der Waals surface area contributed by atoms with Gasteiger partial charge in [-0.3, -0.25) is 4.90 Å². The van der Waals surface area contributed by atoms with E-state index in [0.717, 1.165) is 77.2 Å². The molecule has 8 nitrogen and oxygen atoms in total. The highest BCUT2D eigenvalue weighted by atomic mass is 32.1. The summed E-state index contributed by atoms with van der Waals surface area (Å²) >= 11 is 5.55. The molecule has 1 atom stereocenters. The van der Waals surface area contributed by atoms with Crippen molar-refractivity contribution in [2.75, 3.05) is 80.7 Å². The summed E-state index contributed by atoms with van der Waals surface area (Å²) in [6.45, 7) is 11.9. The third-order valence-corrected chi connectivity index (χ3v) is 6.65. The third kappa shape index (κ3) is 6.63. The smallest absolute Gasteiger partial charge is 0.232 e. The first kappa shape index (κ1) is 22.5. The topological polar surface area (TPSA) is 68.8 Å². The summed E-state index contributed by atoms with van der Waals surface area (Å²) in [5, 5.41) is 7.15. The Kier molecular flexibility index (Phi) is 8.15. The fraction of sp³-hybridized carbons (Fsp3) is 0.773. The van der Waals surface area contributed by atoms with Crippen molar-refractivity contribution in [2.24, 2.45) is 5.92 Å². The zero-order valence-electron chi connectivity index (χ0n) is 18.8. The highest BCUT2D eigenvalue weighted by molar-refractivity contribution is 7.80. The van der Waals surface area contributed by atoms with Crippen molar-refractivity contribution in [2.45, 2.75) is 39.0 Å². The molecule has 9 heteroatoms. The van der Waals surface area contributed by atoms with E-state index in [9.17, 15) is 0 Å². The van der Waals surface area contributed by atoms with Crippen molar-refractivity contribution < 1.29 is 4.74 Å². The second-order valence-corrected chi connectivity index (χ2v) is 9.39. The molecule has 0 aromatic carbocycles. The Labute approximate surface area is 191 Å². The predicted molar refractivity (Wildman–Crippen MR) is 130 cm³/mol. The Bertz CT molecular complexity index is 722. The van der Waals surface area contributed by atoms with E-state index < -0.39 is 0 Å². The number of aromatic nitrogens is 2. The molecule has 0 aliphatic carbocycles. The number of nitrogens with one attached hydrogen (secondary N) is 2. The first-order valence-corrected chi connectivity index (χ1v) is 12.3. The molecule has 0 bridgehead atoms. The first-order chi connectivity index (χ1) is 15.2. The molecule has 0 spiro atoms. The lowest BCUT2D eigenvalue weighted by molar-refractivity contribution is 0.0389. The Balaban J connectivity index is 1.40. The van der Waals surface area contributed by atoms with Crippen LogP contribution in [0, 0.1) is 5.92 Å². The lowest BCUT2D eigenvalue weighted by atomic mass is 10.0. The van der Waals surface area contributed by atoms with E-state index in [1.165, 1.54) is 32.1 Å². The van der Waals surface area contributed by atoms with Gasteiger partial charge in [0, 0.05) is 58.4 Å². The number of hydrogen-bond donors (Lipinski definition) is 2. The number of ether oxygens (including phenoxy) is 1. The average molecular weight is 448 g/mol. The largest absolute Gasteiger partial charge is 0.379 e. The van der Waals surface area contributed by atoms with Crippen LogP contribution in [0.15, 0.2) is 6.07 Å². The molecule has 1 aromatic rings. The predicted octanol–water partition coefficient (Wildman–Crippen LogP) is 2.32. The van der Waals surface area contributed by atoms with Gasteiger partial charge in [-0.25, -0.2) is 0 Å². The highest BCUT2D eigenvalue weighted by Crippen LogP contribution is 2.27. The molecule has 3 fully saturated rings. The van der Waals surface area contributed by atoms with Crippen LogP contribution < -0.4 is 20.4 Å². The second kappa shape index (κ2) is 11.2. The molecule has 3 aliphatic rings. The zero-order chi connectivity index (χ0) is 21.5. The monoisotopic (exact) mass is 447 g/mol. The molecule has 4 rings (SSSR count). The fourth-order valence-corrected chi connectivity index (χ4v) is 4.81. The Hall–Kier alpha value is -1.71. The van der Waals surface area contributed by atoms with E-state index in [4.69, 9.17) is 26.9 Å². The maximum absolute atomic E-state index is 5.55. The van der Waals surface area contributed by atoms with Gasteiger partial charge in [0.1, 0.15) is 11.6 Å². The normalized spacial score (nSPS) is 22.9. The van der Waals surface area contributed by atoms with Crippen LogP contribution in [0.5, 0.6) is 0 Å². The third-order valence-electron chi connectivity index (χ3n) is 6.40. The van der Waals surface area contributed by atoms with Crippen LogP contribution >= 0.6 is 12.2 Å². The summed E-state index contributed by atoms with van der Waals surface area (Å²) in [5.41, 5.74) is 0.